The third kappa shape index (κ3) is 4.20. The molecule has 0 spiro atoms. The van der Waals surface area contributed by atoms with Crippen LogP contribution in [0.5, 0.6) is 0 Å². The van der Waals surface area contributed by atoms with Gasteiger partial charge in [0.25, 0.3) is 11.8 Å². The number of piperazine rings is 1. The van der Waals surface area contributed by atoms with Crippen LogP contribution in [0.15, 0.2) is 60.7 Å². The Hall–Kier alpha value is -2.96. The Morgan fingerprint density at radius 2 is 1.56 bits per heavy atom. The van der Waals surface area contributed by atoms with Crippen molar-refractivity contribution in [1.29, 1.82) is 0 Å². The van der Waals surface area contributed by atoms with Gasteiger partial charge in [-0.2, -0.15) is 0 Å². The molecular formula is C25H25ClN4O2. The van der Waals surface area contributed by atoms with Crippen LogP contribution < -0.4 is 0 Å². The highest BCUT2D eigenvalue weighted by Crippen LogP contribution is 2.21. The SMILES string of the molecule is O=C(c1ccc(Cl)cc1)N1CCN(C2CCN(C(=O)c3ccc4ccccc4n3)C2)CC1. The number of benzene rings is 2. The van der Waals surface area contributed by atoms with E-state index < -0.39 is 0 Å². The van der Waals surface area contributed by atoms with Crippen molar-refractivity contribution in [1.82, 2.24) is 19.7 Å². The standard InChI is InChI=1S/C25H25ClN4O2/c26-20-8-5-19(6-9-20)24(31)29-15-13-28(14-16-29)21-11-12-30(17-21)25(32)23-10-7-18-3-1-2-4-22(18)27-23/h1-10,21H,11-17H2. The fraction of sp³-hybridized carbons (Fsp3) is 0.320. The minimum Gasteiger partial charge on any atom is -0.336 e. The van der Waals surface area contributed by atoms with Gasteiger partial charge in [-0.15, -0.1) is 0 Å². The van der Waals surface area contributed by atoms with Gasteiger partial charge in [0.15, 0.2) is 0 Å². The molecule has 1 aromatic heterocycles. The van der Waals surface area contributed by atoms with Gasteiger partial charge in [-0.05, 0) is 42.8 Å². The molecule has 0 radical (unpaired) electrons. The summed E-state index contributed by atoms with van der Waals surface area (Å²) in [4.78, 5) is 36.5. The van der Waals surface area contributed by atoms with Gasteiger partial charge in [-0.3, -0.25) is 14.5 Å². The smallest absolute Gasteiger partial charge is 0.272 e. The molecule has 3 aromatic rings. The zero-order chi connectivity index (χ0) is 22.1. The molecule has 3 heterocycles. The van der Waals surface area contributed by atoms with Crippen LogP contribution in [0.4, 0.5) is 0 Å². The van der Waals surface area contributed by atoms with Crippen LogP contribution in [0.25, 0.3) is 10.9 Å². The Morgan fingerprint density at radius 1 is 0.812 bits per heavy atom. The van der Waals surface area contributed by atoms with Crippen molar-refractivity contribution in [2.45, 2.75) is 12.5 Å². The molecule has 6 nitrogen and oxygen atoms in total. The van der Waals surface area contributed by atoms with E-state index in [9.17, 15) is 9.59 Å². The molecule has 2 amide bonds. The van der Waals surface area contributed by atoms with Crippen LogP contribution in [-0.2, 0) is 0 Å². The molecule has 0 aliphatic carbocycles. The minimum absolute atomic E-state index is 0.00481. The number of pyridine rings is 1. The molecule has 164 valence electrons. The van der Waals surface area contributed by atoms with Gasteiger partial charge in [0.05, 0.1) is 5.52 Å². The maximum atomic E-state index is 13.0. The normalized spacial score (nSPS) is 19.5. The minimum atomic E-state index is -0.00481. The van der Waals surface area contributed by atoms with E-state index in [-0.39, 0.29) is 11.8 Å². The molecule has 0 N–H and O–H groups in total. The van der Waals surface area contributed by atoms with Gasteiger partial charge in [-0.25, -0.2) is 4.98 Å². The van der Waals surface area contributed by atoms with Crippen molar-refractivity contribution >= 4 is 34.3 Å². The van der Waals surface area contributed by atoms with E-state index in [1.165, 1.54) is 0 Å². The van der Waals surface area contributed by atoms with E-state index in [2.05, 4.69) is 9.88 Å². The molecule has 7 heteroatoms. The second kappa shape index (κ2) is 8.88. The number of fused-ring (bicyclic) bond motifs is 1. The number of nitrogens with zero attached hydrogens (tertiary/aromatic N) is 4. The van der Waals surface area contributed by atoms with E-state index >= 15 is 0 Å². The van der Waals surface area contributed by atoms with E-state index in [0.29, 0.717) is 42.0 Å². The summed E-state index contributed by atoms with van der Waals surface area (Å²) < 4.78 is 0. The Bertz CT molecular complexity index is 1140. The largest absolute Gasteiger partial charge is 0.336 e. The summed E-state index contributed by atoms with van der Waals surface area (Å²) in [5, 5.41) is 1.67. The highest BCUT2D eigenvalue weighted by molar-refractivity contribution is 6.30. The zero-order valence-corrected chi connectivity index (χ0v) is 18.5. The van der Waals surface area contributed by atoms with E-state index in [1.807, 2.05) is 46.2 Å². The van der Waals surface area contributed by atoms with Gasteiger partial charge in [-0.1, -0.05) is 35.9 Å². The topological polar surface area (TPSA) is 56.8 Å². The van der Waals surface area contributed by atoms with Gasteiger partial charge in [0, 0.05) is 61.3 Å². The predicted molar refractivity (Wildman–Crippen MR) is 125 cm³/mol. The number of likely N-dealkylation sites (tertiary alicyclic amines) is 1. The summed E-state index contributed by atoms with van der Waals surface area (Å²) in [7, 11) is 0. The number of carbonyl (C=O) groups excluding carboxylic acids is 2. The number of hydrogen-bond acceptors (Lipinski definition) is 4. The van der Waals surface area contributed by atoms with Gasteiger partial charge in [0.1, 0.15) is 5.69 Å². The van der Waals surface area contributed by atoms with Crippen LogP contribution in [-0.4, -0.2) is 76.8 Å². The van der Waals surface area contributed by atoms with Gasteiger partial charge < -0.3 is 9.80 Å². The summed E-state index contributed by atoms with van der Waals surface area (Å²) in [6.07, 6.45) is 0.949. The molecule has 2 aliphatic heterocycles. The van der Waals surface area contributed by atoms with Crippen molar-refractivity contribution in [2.24, 2.45) is 0 Å². The van der Waals surface area contributed by atoms with Crippen molar-refractivity contribution in [3.63, 3.8) is 0 Å². The summed E-state index contributed by atoms with van der Waals surface area (Å²) in [6.45, 7) is 4.47. The first-order valence-electron chi connectivity index (χ1n) is 11.0. The molecule has 2 aromatic carbocycles. The molecule has 0 saturated carbocycles. The number of para-hydroxylation sites is 1. The molecule has 1 unspecified atom stereocenters. The summed E-state index contributed by atoms with van der Waals surface area (Å²) >= 11 is 5.93. The molecule has 2 aliphatic rings. The fourth-order valence-electron chi connectivity index (χ4n) is 4.64. The molecule has 32 heavy (non-hydrogen) atoms. The lowest BCUT2D eigenvalue weighted by atomic mass is 10.1. The molecule has 2 fully saturated rings. The van der Waals surface area contributed by atoms with Crippen LogP contribution in [0.1, 0.15) is 27.3 Å². The van der Waals surface area contributed by atoms with Crippen LogP contribution >= 0.6 is 11.6 Å². The first-order valence-corrected chi connectivity index (χ1v) is 11.4. The van der Waals surface area contributed by atoms with Crippen LogP contribution in [0.3, 0.4) is 0 Å². The monoisotopic (exact) mass is 448 g/mol. The number of hydrogen-bond donors (Lipinski definition) is 0. The summed E-state index contributed by atoms with van der Waals surface area (Å²) in [5.74, 6) is 0.0433. The van der Waals surface area contributed by atoms with E-state index in [4.69, 9.17) is 11.6 Å². The predicted octanol–water partition coefficient (Wildman–Crippen LogP) is 3.56. The number of aromatic nitrogens is 1. The Morgan fingerprint density at radius 3 is 2.34 bits per heavy atom. The second-order valence-corrected chi connectivity index (χ2v) is 8.85. The lowest BCUT2D eigenvalue weighted by Gasteiger charge is -2.38. The molecular weight excluding hydrogens is 424 g/mol. The number of carbonyl (C=O) groups is 2. The van der Waals surface area contributed by atoms with Crippen molar-refractivity contribution in [2.75, 3.05) is 39.3 Å². The van der Waals surface area contributed by atoms with Crippen molar-refractivity contribution < 1.29 is 9.59 Å². The highest BCUT2D eigenvalue weighted by Gasteiger charge is 2.33. The lowest BCUT2D eigenvalue weighted by Crippen LogP contribution is -2.52. The Balaban J connectivity index is 1.17. The second-order valence-electron chi connectivity index (χ2n) is 8.42. The third-order valence-corrected chi connectivity index (χ3v) is 6.73. The third-order valence-electron chi connectivity index (χ3n) is 6.48. The van der Waals surface area contributed by atoms with Gasteiger partial charge in [0.2, 0.25) is 0 Å². The zero-order valence-electron chi connectivity index (χ0n) is 17.8. The maximum absolute atomic E-state index is 13.0. The summed E-state index contributed by atoms with van der Waals surface area (Å²) in [5.41, 5.74) is 2.02. The average Bonchev–Trinajstić information content (AvgIpc) is 3.34. The van der Waals surface area contributed by atoms with Gasteiger partial charge >= 0.3 is 0 Å². The Labute approximate surface area is 192 Å². The molecule has 2 saturated heterocycles. The molecule has 0 bridgehead atoms. The van der Waals surface area contributed by atoms with Crippen LogP contribution in [0, 0.1) is 0 Å². The van der Waals surface area contributed by atoms with Crippen molar-refractivity contribution in [3.05, 3.63) is 76.9 Å². The molecule has 1 atom stereocenters. The summed E-state index contributed by atoms with van der Waals surface area (Å²) in [6, 6.07) is 19.0. The van der Waals surface area contributed by atoms with E-state index in [0.717, 1.165) is 37.0 Å². The number of halogens is 1. The average molecular weight is 449 g/mol. The first kappa shape index (κ1) is 20.9. The molecule has 5 rings (SSSR count). The first-order chi connectivity index (χ1) is 15.6. The number of rotatable bonds is 3. The van der Waals surface area contributed by atoms with E-state index in [1.54, 1.807) is 24.3 Å². The quantitative estimate of drug-likeness (QED) is 0.614. The lowest BCUT2D eigenvalue weighted by molar-refractivity contribution is 0.0568. The number of amides is 2. The Kier molecular flexibility index (Phi) is 5.81. The van der Waals surface area contributed by atoms with Crippen LogP contribution in [0.2, 0.25) is 5.02 Å². The maximum Gasteiger partial charge on any atom is 0.272 e. The fourth-order valence-corrected chi connectivity index (χ4v) is 4.76. The highest BCUT2D eigenvalue weighted by atomic mass is 35.5. The van der Waals surface area contributed by atoms with Crippen molar-refractivity contribution in [3.8, 4) is 0 Å².